The molecular formula is C42H76N6O7S2. The van der Waals surface area contributed by atoms with Gasteiger partial charge in [-0.15, -0.1) is 11.3 Å². The van der Waals surface area contributed by atoms with Gasteiger partial charge in [-0.05, 0) is 157 Å². The maximum Gasteiger partial charge on any atom is 0.407 e. The molecule has 3 saturated carbocycles. The summed E-state index contributed by atoms with van der Waals surface area (Å²) < 4.78 is 15.6. The molecule has 0 spiro atoms. The average Bonchev–Trinajstić information content (AvgIpc) is 3.63. The number of nitrogens with one attached hydrogen (secondary N) is 3. The molecule has 1 aromatic heterocycles. The maximum atomic E-state index is 11.6. The van der Waals surface area contributed by atoms with E-state index in [4.69, 9.17) is 37.9 Å². The molecule has 57 heavy (non-hydrogen) atoms. The van der Waals surface area contributed by atoms with Crippen LogP contribution in [0.2, 0.25) is 0 Å². The zero-order chi connectivity index (χ0) is 42.1. The Hall–Kier alpha value is -3.20. The first kappa shape index (κ1) is 51.8. The van der Waals surface area contributed by atoms with Gasteiger partial charge in [0.05, 0.1) is 10.00 Å². The summed E-state index contributed by atoms with van der Waals surface area (Å²) >= 11 is 6.76. The van der Waals surface area contributed by atoms with E-state index in [1.807, 2.05) is 73.9 Å². The van der Waals surface area contributed by atoms with Crippen LogP contribution in [0.25, 0.3) is 0 Å². The Bertz CT molecular complexity index is 1290. The van der Waals surface area contributed by atoms with E-state index in [0.29, 0.717) is 47.7 Å². The molecule has 0 unspecified atom stereocenters. The Balaban J connectivity index is 0.000000425. The van der Waals surface area contributed by atoms with E-state index in [-0.39, 0.29) is 37.5 Å². The number of rotatable bonds is 9. The van der Waals surface area contributed by atoms with Crippen LogP contribution in [0, 0.1) is 29.6 Å². The van der Waals surface area contributed by atoms with Gasteiger partial charge in [0.25, 0.3) is 0 Å². The molecule has 0 bridgehead atoms. The molecule has 0 atom stereocenters. The fraction of sp³-hybridized carbons (Fsp3) is 0.810. The summed E-state index contributed by atoms with van der Waals surface area (Å²) in [6.07, 6.45) is 13.3. The van der Waals surface area contributed by atoms with Crippen LogP contribution in [-0.2, 0) is 19.0 Å². The Labute approximate surface area is 352 Å². The Morgan fingerprint density at radius 3 is 1.25 bits per heavy atom. The van der Waals surface area contributed by atoms with E-state index in [1.165, 1.54) is 17.8 Å². The second-order valence-electron chi connectivity index (χ2n) is 18.5. The normalized spacial score (nSPS) is 23.6. The summed E-state index contributed by atoms with van der Waals surface area (Å²) in [5, 5.41) is 11.8. The van der Waals surface area contributed by atoms with Crippen molar-refractivity contribution in [2.45, 2.75) is 170 Å². The molecule has 15 heteroatoms. The van der Waals surface area contributed by atoms with Gasteiger partial charge in [0.2, 0.25) is 5.91 Å². The van der Waals surface area contributed by atoms with Crippen LogP contribution in [0.4, 0.5) is 14.4 Å². The first-order chi connectivity index (χ1) is 26.0. The summed E-state index contributed by atoms with van der Waals surface area (Å²) in [4.78, 5) is 50.6. The third-order valence-electron chi connectivity index (χ3n) is 9.95. The van der Waals surface area contributed by atoms with Crippen molar-refractivity contribution in [3.63, 3.8) is 0 Å². The van der Waals surface area contributed by atoms with Gasteiger partial charge in [-0.1, -0.05) is 19.6 Å². The number of nitrogens with two attached hydrogens (primary N) is 2. The first-order valence-corrected chi connectivity index (χ1v) is 21.7. The van der Waals surface area contributed by atoms with Gasteiger partial charge in [-0.25, -0.2) is 19.4 Å². The number of alkyl carbamates (subject to hydrolysis) is 3. The molecule has 1 aromatic rings. The Morgan fingerprint density at radius 1 is 0.632 bits per heavy atom. The van der Waals surface area contributed by atoms with Gasteiger partial charge in [0.15, 0.2) is 0 Å². The van der Waals surface area contributed by atoms with Crippen molar-refractivity contribution in [2.75, 3.05) is 19.6 Å². The second-order valence-corrected chi connectivity index (χ2v) is 19.9. The number of hydrogen-bond donors (Lipinski definition) is 5. The lowest BCUT2D eigenvalue weighted by Gasteiger charge is -2.28. The average molecular weight is 841 g/mol. The summed E-state index contributed by atoms with van der Waals surface area (Å²) in [5.41, 5.74) is 9.60. The van der Waals surface area contributed by atoms with E-state index in [0.717, 1.165) is 70.8 Å². The van der Waals surface area contributed by atoms with Crippen LogP contribution >= 0.6 is 23.6 Å². The molecule has 3 aliphatic carbocycles. The van der Waals surface area contributed by atoms with Crippen LogP contribution in [0.3, 0.4) is 0 Å². The lowest BCUT2D eigenvalue weighted by atomic mass is 9.82. The van der Waals surface area contributed by atoms with Crippen molar-refractivity contribution >= 4 is 52.7 Å². The predicted octanol–water partition coefficient (Wildman–Crippen LogP) is 8.98. The third-order valence-corrected chi connectivity index (χ3v) is 11.2. The molecule has 3 fully saturated rings. The number of thiocarbonyl (C=S) groups is 1. The lowest BCUT2D eigenvalue weighted by Crippen LogP contribution is -2.37. The molecular weight excluding hydrogens is 765 g/mol. The molecule has 4 rings (SSSR count). The minimum atomic E-state index is -0.465. The minimum Gasteiger partial charge on any atom is -0.444 e. The minimum absolute atomic E-state index is 0. The number of carbonyl (C=O) groups is 4. The standard InChI is InChI=1S/C15H24N2O2S.C13H24N2O3.C13H24N2O2S.CH4/c1-15(2,3)19-14(18)17-10-11-4-6-12(7-5-11)13-16-8-9-20-13;1-13(2,3)18-12(17)15-8-9-4-6-10(7-5-9)11(14)16;1-13(2,3)17-12(16)15-8-9-4-6-10(7-5-9)11(14)18;/h8-9,11-12H,4-7,10H2,1-3H3,(H,17,18);9-10H,4-8H2,1-3H3,(H2,14,16)(H,15,17);9-10H,4-8H2,1-3H3,(H2,14,18)(H,15,16);1H4. The van der Waals surface area contributed by atoms with E-state index < -0.39 is 16.8 Å². The topological polar surface area (TPSA) is 197 Å². The largest absolute Gasteiger partial charge is 0.444 e. The van der Waals surface area contributed by atoms with Crippen LogP contribution in [0.5, 0.6) is 0 Å². The van der Waals surface area contributed by atoms with Crippen LogP contribution in [0.15, 0.2) is 11.6 Å². The predicted molar refractivity (Wildman–Crippen MR) is 233 cm³/mol. The fourth-order valence-corrected chi connectivity index (χ4v) is 8.02. The molecule has 0 aliphatic heterocycles. The Kier molecular flexibility index (Phi) is 22.4. The monoisotopic (exact) mass is 841 g/mol. The van der Waals surface area contributed by atoms with Crippen molar-refractivity contribution in [2.24, 2.45) is 41.1 Å². The molecule has 328 valence electrons. The molecule has 4 amide bonds. The number of ether oxygens (including phenoxy) is 3. The molecule has 0 radical (unpaired) electrons. The second kappa shape index (κ2) is 24.7. The van der Waals surface area contributed by atoms with E-state index in [1.54, 1.807) is 11.3 Å². The number of hydrogen-bond acceptors (Lipinski definition) is 10. The highest BCUT2D eigenvalue weighted by Crippen LogP contribution is 2.36. The Morgan fingerprint density at radius 2 is 0.965 bits per heavy atom. The van der Waals surface area contributed by atoms with Gasteiger partial charge in [-0.3, -0.25) is 4.79 Å². The van der Waals surface area contributed by atoms with Crippen LogP contribution in [-0.4, -0.2) is 70.6 Å². The van der Waals surface area contributed by atoms with E-state index in [2.05, 4.69) is 20.9 Å². The van der Waals surface area contributed by atoms with Crippen LogP contribution < -0.4 is 27.4 Å². The number of aromatic nitrogens is 1. The number of nitrogens with zero attached hydrogens (tertiary/aromatic N) is 1. The zero-order valence-corrected chi connectivity index (χ0v) is 37.1. The number of amides is 4. The van der Waals surface area contributed by atoms with Crippen molar-refractivity contribution in [3.8, 4) is 0 Å². The summed E-state index contributed by atoms with van der Waals surface area (Å²) in [7, 11) is 0. The summed E-state index contributed by atoms with van der Waals surface area (Å²) in [5.74, 6) is 2.33. The summed E-state index contributed by atoms with van der Waals surface area (Å²) in [6, 6.07) is 0. The zero-order valence-electron chi connectivity index (χ0n) is 35.5. The molecule has 13 nitrogen and oxygen atoms in total. The van der Waals surface area contributed by atoms with Crippen molar-refractivity contribution in [3.05, 3.63) is 16.6 Å². The molecule has 3 aliphatic rings. The highest BCUT2D eigenvalue weighted by atomic mass is 32.1. The number of thiazole rings is 1. The van der Waals surface area contributed by atoms with Crippen molar-refractivity contribution < 1.29 is 33.4 Å². The van der Waals surface area contributed by atoms with Crippen LogP contribution in [0.1, 0.15) is 158 Å². The fourth-order valence-electron chi connectivity index (χ4n) is 6.98. The van der Waals surface area contributed by atoms with E-state index in [9.17, 15) is 19.2 Å². The SMILES string of the molecule is C.CC(C)(C)OC(=O)NCC1CCC(C(N)=O)CC1.CC(C)(C)OC(=O)NCC1CCC(C(N)=S)CC1.CC(C)(C)OC(=O)NCC1CCC(c2nccs2)CC1. The van der Waals surface area contributed by atoms with Crippen molar-refractivity contribution in [1.82, 2.24) is 20.9 Å². The van der Waals surface area contributed by atoms with Gasteiger partial charge in [-0.2, -0.15) is 0 Å². The third kappa shape index (κ3) is 23.7. The number of carbonyl (C=O) groups excluding carboxylic acids is 4. The lowest BCUT2D eigenvalue weighted by molar-refractivity contribution is -0.122. The molecule has 0 saturated heterocycles. The maximum absolute atomic E-state index is 11.6. The highest BCUT2D eigenvalue weighted by molar-refractivity contribution is 7.80. The highest BCUT2D eigenvalue weighted by Gasteiger charge is 2.27. The smallest absolute Gasteiger partial charge is 0.407 e. The van der Waals surface area contributed by atoms with Gasteiger partial charge in [0.1, 0.15) is 16.8 Å². The van der Waals surface area contributed by atoms with Crippen molar-refractivity contribution in [1.29, 1.82) is 0 Å². The number of primary amides is 1. The summed E-state index contributed by atoms with van der Waals surface area (Å²) in [6.45, 7) is 18.8. The molecule has 1 heterocycles. The van der Waals surface area contributed by atoms with Gasteiger partial charge >= 0.3 is 18.3 Å². The van der Waals surface area contributed by atoms with Gasteiger partial charge in [0, 0.05) is 49.0 Å². The molecule has 0 aromatic carbocycles. The molecule has 7 N–H and O–H groups in total. The first-order valence-electron chi connectivity index (χ1n) is 20.4. The quantitative estimate of drug-likeness (QED) is 0.118. The van der Waals surface area contributed by atoms with Gasteiger partial charge < -0.3 is 41.6 Å². The van der Waals surface area contributed by atoms with E-state index >= 15 is 0 Å².